The summed E-state index contributed by atoms with van der Waals surface area (Å²) in [5.74, 6) is 1.37. The van der Waals surface area contributed by atoms with Gasteiger partial charge < -0.3 is 19.3 Å². The molecule has 1 aromatic carbocycles. The van der Waals surface area contributed by atoms with Crippen molar-refractivity contribution < 1.29 is 14.3 Å². The largest absolute Gasteiger partial charge is 0.510 e. The molecule has 1 saturated carbocycles. The Bertz CT molecular complexity index is 807. The van der Waals surface area contributed by atoms with Crippen molar-refractivity contribution in [3.05, 3.63) is 35.9 Å². The molecule has 1 aromatic rings. The van der Waals surface area contributed by atoms with E-state index in [1.165, 1.54) is 44.8 Å². The summed E-state index contributed by atoms with van der Waals surface area (Å²) in [6.07, 6.45) is 13.6. The first-order valence-electron chi connectivity index (χ1n) is 14.2. The van der Waals surface area contributed by atoms with Crippen LogP contribution in [0.2, 0.25) is 0 Å². The lowest BCUT2D eigenvalue weighted by atomic mass is 9.74. The van der Waals surface area contributed by atoms with E-state index >= 15 is 0 Å². The van der Waals surface area contributed by atoms with E-state index < -0.39 is 11.9 Å². The van der Waals surface area contributed by atoms with Gasteiger partial charge in [0.25, 0.3) is 0 Å². The Hall–Kier alpha value is -2.08. The fraction of sp³-hybridized carbons (Fsp3) is 0.733. The van der Waals surface area contributed by atoms with Crippen molar-refractivity contribution >= 4 is 12.5 Å². The molecule has 36 heavy (non-hydrogen) atoms. The summed E-state index contributed by atoms with van der Waals surface area (Å²) < 4.78 is 10.8. The molecule has 3 unspecified atom stereocenters. The number of carbonyl (C=O) groups is 1. The quantitative estimate of drug-likeness (QED) is 0.289. The fourth-order valence-corrected chi connectivity index (χ4v) is 6.39. The van der Waals surface area contributed by atoms with E-state index in [0.717, 1.165) is 51.0 Å². The van der Waals surface area contributed by atoms with Crippen LogP contribution in [0.5, 0.6) is 0 Å². The Balaban J connectivity index is 1.63. The number of aliphatic imine (C=N–C) groups is 1. The van der Waals surface area contributed by atoms with Crippen LogP contribution in [-0.4, -0.2) is 67.9 Å². The standard InChI is InChI=1S/C30H49N3O3/c1-6-8-21-33-23-31-30(20-7-2,36-29(34)35-5)28(33)22-25-14-17-26(18-15-25)27(32(3)4)19-16-24-12-10-9-11-13-24/h9-13,23,25-28H,6-8,14-22H2,1-5H3. The van der Waals surface area contributed by atoms with Gasteiger partial charge in [-0.3, -0.25) is 0 Å². The zero-order valence-electron chi connectivity index (χ0n) is 23.3. The van der Waals surface area contributed by atoms with E-state index in [1.807, 2.05) is 6.34 Å². The molecule has 0 spiro atoms. The van der Waals surface area contributed by atoms with E-state index in [-0.39, 0.29) is 6.04 Å². The summed E-state index contributed by atoms with van der Waals surface area (Å²) in [4.78, 5) is 21.8. The van der Waals surface area contributed by atoms with Crippen molar-refractivity contribution in [3.8, 4) is 0 Å². The number of unbranched alkanes of at least 4 members (excludes halogenated alkanes) is 1. The Kier molecular flexibility index (Phi) is 11.1. The number of hydrogen-bond donors (Lipinski definition) is 0. The van der Waals surface area contributed by atoms with Gasteiger partial charge in [-0.1, -0.05) is 69.9 Å². The van der Waals surface area contributed by atoms with Crippen LogP contribution >= 0.6 is 0 Å². The van der Waals surface area contributed by atoms with Crippen LogP contribution in [0.25, 0.3) is 0 Å². The average Bonchev–Trinajstić information content (AvgIpc) is 3.20. The van der Waals surface area contributed by atoms with Gasteiger partial charge in [0.1, 0.15) is 0 Å². The smallest absolute Gasteiger partial charge is 0.438 e. The maximum Gasteiger partial charge on any atom is 0.510 e. The third kappa shape index (κ3) is 7.47. The fourth-order valence-electron chi connectivity index (χ4n) is 6.39. The Morgan fingerprint density at radius 1 is 1.14 bits per heavy atom. The van der Waals surface area contributed by atoms with Gasteiger partial charge in [-0.15, -0.1) is 0 Å². The number of rotatable bonds is 13. The third-order valence-electron chi connectivity index (χ3n) is 8.38. The Morgan fingerprint density at radius 2 is 1.86 bits per heavy atom. The second-order valence-electron chi connectivity index (χ2n) is 11.1. The lowest BCUT2D eigenvalue weighted by molar-refractivity contribution is -0.0625. The van der Waals surface area contributed by atoms with E-state index in [1.54, 1.807) is 0 Å². The Morgan fingerprint density at radius 3 is 2.47 bits per heavy atom. The third-order valence-corrected chi connectivity index (χ3v) is 8.38. The summed E-state index contributed by atoms with van der Waals surface area (Å²) >= 11 is 0. The van der Waals surface area contributed by atoms with Crippen molar-refractivity contribution in [3.63, 3.8) is 0 Å². The molecule has 1 aliphatic heterocycles. The minimum absolute atomic E-state index is 0.0902. The predicted molar refractivity (Wildman–Crippen MR) is 147 cm³/mol. The summed E-state index contributed by atoms with van der Waals surface area (Å²) in [5, 5.41) is 0. The normalized spacial score (nSPS) is 26.8. The molecule has 202 valence electrons. The first-order valence-corrected chi connectivity index (χ1v) is 14.2. The lowest BCUT2D eigenvalue weighted by Crippen LogP contribution is -2.50. The topological polar surface area (TPSA) is 54.4 Å². The van der Waals surface area contributed by atoms with E-state index in [0.29, 0.717) is 12.0 Å². The zero-order valence-corrected chi connectivity index (χ0v) is 23.3. The van der Waals surface area contributed by atoms with Gasteiger partial charge in [-0.05, 0) is 70.0 Å². The highest BCUT2D eigenvalue weighted by atomic mass is 16.7. The van der Waals surface area contributed by atoms with Gasteiger partial charge in [0.2, 0.25) is 5.72 Å². The molecular formula is C30H49N3O3. The highest BCUT2D eigenvalue weighted by Crippen LogP contribution is 2.41. The van der Waals surface area contributed by atoms with Crippen LogP contribution in [0.3, 0.4) is 0 Å². The monoisotopic (exact) mass is 499 g/mol. The van der Waals surface area contributed by atoms with Gasteiger partial charge in [0.15, 0.2) is 0 Å². The van der Waals surface area contributed by atoms with E-state index in [2.05, 4.69) is 68.1 Å². The lowest BCUT2D eigenvalue weighted by Gasteiger charge is -2.41. The minimum atomic E-state index is -0.825. The van der Waals surface area contributed by atoms with Gasteiger partial charge in [0.05, 0.1) is 19.5 Å². The molecule has 6 nitrogen and oxygen atoms in total. The highest BCUT2D eigenvalue weighted by Gasteiger charge is 2.49. The van der Waals surface area contributed by atoms with Crippen molar-refractivity contribution in [1.82, 2.24) is 9.80 Å². The molecule has 2 aliphatic rings. The van der Waals surface area contributed by atoms with Crippen LogP contribution in [0.4, 0.5) is 4.79 Å². The molecular weight excluding hydrogens is 450 g/mol. The molecule has 6 heteroatoms. The first kappa shape index (κ1) is 28.5. The molecule has 3 atom stereocenters. The molecule has 1 heterocycles. The van der Waals surface area contributed by atoms with Crippen LogP contribution < -0.4 is 0 Å². The highest BCUT2D eigenvalue weighted by molar-refractivity contribution is 5.64. The minimum Gasteiger partial charge on any atom is -0.438 e. The number of aryl methyl sites for hydroxylation is 1. The number of ether oxygens (including phenoxy) is 2. The molecule has 1 aliphatic carbocycles. The second kappa shape index (κ2) is 14.0. The predicted octanol–water partition coefficient (Wildman–Crippen LogP) is 6.54. The SMILES string of the molecule is CCCCN1C=NC(CCC)(OC(=O)OC)C1CC1CCC(C(CCc2ccccc2)N(C)C)CC1. The van der Waals surface area contributed by atoms with E-state index in [9.17, 15) is 4.79 Å². The maximum atomic E-state index is 12.2. The van der Waals surface area contributed by atoms with Crippen molar-refractivity contribution in [2.45, 2.75) is 102 Å². The summed E-state index contributed by atoms with van der Waals surface area (Å²) in [6, 6.07) is 11.6. The van der Waals surface area contributed by atoms with Crippen LogP contribution in [-0.2, 0) is 15.9 Å². The average molecular weight is 500 g/mol. The van der Waals surface area contributed by atoms with Crippen LogP contribution in [0, 0.1) is 11.8 Å². The Labute approximate surface area is 219 Å². The van der Waals surface area contributed by atoms with Gasteiger partial charge in [-0.2, -0.15) is 0 Å². The molecule has 3 rings (SSSR count). The number of carbonyl (C=O) groups excluding carboxylic acids is 1. The summed E-state index contributed by atoms with van der Waals surface area (Å²) in [7, 11) is 5.86. The number of methoxy groups -OCH3 is 1. The molecule has 0 aromatic heterocycles. The van der Waals surface area contributed by atoms with Gasteiger partial charge in [-0.25, -0.2) is 9.79 Å². The summed E-state index contributed by atoms with van der Waals surface area (Å²) in [5.41, 5.74) is 0.609. The second-order valence-corrected chi connectivity index (χ2v) is 11.1. The first-order chi connectivity index (χ1) is 17.4. The van der Waals surface area contributed by atoms with Crippen LogP contribution in [0.1, 0.15) is 83.6 Å². The number of benzene rings is 1. The molecule has 1 fully saturated rings. The summed E-state index contributed by atoms with van der Waals surface area (Å²) in [6.45, 7) is 5.30. The van der Waals surface area contributed by atoms with Crippen molar-refractivity contribution in [2.24, 2.45) is 16.8 Å². The molecule has 0 bridgehead atoms. The molecule has 0 amide bonds. The van der Waals surface area contributed by atoms with Crippen molar-refractivity contribution in [1.29, 1.82) is 0 Å². The molecule has 0 saturated heterocycles. The van der Waals surface area contributed by atoms with Gasteiger partial charge in [0, 0.05) is 19.0 Å². The van der Waals surface area contributed by atoms with Crippen molar-refractivity contribution in [2.75, 3.05) is 27.7 Å². The number of nitrogens with zero attached hydrogens (tertiary/aromatic N) is 3. The molecule has 0 radical (unpaired) electrons. The molecule has 0 N–H and O–H groups in total. The van der Waals surface area contributed by atoms with E-state index in [4.69, 9.17) is 14.5 Å². The van der Waals surface area contributed by atoms with Gasteiger partial charge >= 0.3 is 6.16 Å². The maximum absolute atomic E-state index is 12.2. The number of hydrogen-bond acceptors (Lipinski definition) is 6. The van der Waals surface area contributed by atoms with Crippen LogP contribution in [0.15, 0.2) is 35.3 Å². The zero-order chi connectivity index (χ0) is 26.0.